The van der Waals surface area contributed by atoms with Gasteiger partial charge in [-0.2, -0.15) is 0 Å². The average molecular weight is 505 g/mol. The molecular formula is C24H36Cl3N3O2. The summed E-state index contributed by atoms with van der Waals surface area (Å²) in [6.07, 6.45) is 6.62. The number of hydrogen-bond donors (Lipinski definition) is 2. The molecule has 4 saturated carbocycles. The van der Waals surface area contributed by atoms with Gasteiger partial charge in [-0.3, -0.25) is 10.1 Å². The fraction of sp³-hybridized carbons (Fsp3) is 0.833. The van der Waals surface area contributed by atoms with Crippen LogP contribution < -0.4 is 10.6 Å². The maximum absolute atomic E-state index is 12.2. The summed E-state index contributed by atoms with van der Waals surface area (Å²) in [5.74, 6) is 1.57. The second kappa shape index (κ2) is 7.68. The van der Waals surface area contributed by atoms with Gasteiger partial charge in [-0.15, -0.1) is 0 Å². The van der Waals surface area contributed by atoms with Crippen molar-refractivity contribution in [2.75, 3.05) is 0 Å². The molecule has 4 aliphatic rings. The Bertz CT molecular complexity index is 847. The molecule has 0 heterocycles. The van der Waals surface area contributed by atoms with Crippen molar-refractivity contribution in [1.82, 2.24) is 10.6 Å². The van der Waals surface area contributed by atoms with Crippen molar-refractivity contribution in [2.45, 2.75) is 92.2 Å². The molecule has 0 amide bonds. The third-order valence-electron chi connectivity index (χ3n) is 11.0. The predicted octanol–water partition coefficient (Wildman–Crippen LogP) is 6.93. The lowest BCUT2D eigenvalue weighted by molar-refractivity contribution is -0.421. The van der Waals surface area contributed by atoms with Crippen LogP contribution in [0.1, 0.15) is 80.1 Å². The second-order valence-electron chi connectivity index (χ2n) is 12.2. The zero-order valence-corrected chi connectivity index (χ0v) is 22.2. The predicted molar refractivity (Wildman–Crippen MR) is 131 cm³/mol. The molecule has 0 aromatic carbocycles. The van der Waals surface area contributed by atoms with Crippen LogP contribution >= 0.6 is 34.8 Å². The molecule has 0 aromatic rings. The Labute approximate surface area is 206 Å². The minimum Gasteiger partial charge on any atom is -0.363 e. The smallest absolute Gasteiger partial charge is 0.329 e. The SMILES string of the molecule is CC1(C)[C@H]2CC[C@@]1(C)[C@H](NC(N[C@H]1C[C@H]3CC[C@@]1(C)C3(C)C)=C(C(Cl)=C(Cl)Cl)[N+](=O)[O-])C2. The van der Waals surface area contributed by atoms with Gasteiger partial charge in [0.15, 0.2) is 10.9 Å². The van der Waals surface area contributed by atoms with E-state index in [0.29, 0.717) is 17.7 Å². The number of halogens is 3. The number of nitro groups is 1. The quantitative estimate of drug-likeness (QED) is 0.234. The normalized spacial score (nSPS) is 41.4. The molecular weight excluding hydrogens is 469 g/mol. The Morgan fingerprint density at radius 1 is 0.844 bits per heavy atom. The van der Waals surface area contributed by atoms with Crippen LogP contribution in [0.15, 0.2) is 21.0 Å². The Balaban J connectivity index is 1.73. The van der Waals surface area contributed by atoms with Gasteiger partial charge >= 0.3 is 5.70 Å². The highest BCUT2D eigenvalue weighted by atomic mass is 35.5. The van der Waals surface area contributed by atoms with Crippen LogP contribution in [0.25, 0.3) is 0 Å². The summed E-state index contributed by atoms with van der Waals surface area (Å²) < 4.78 is -0.293. The van der Waals surface area contributed by atoms with Gasteiger partial charge in [0.25, 0.3) is 0 Å². The molecule has 180 valence electrons. The largest absolute Gasteiger partial charge is 0.363 e. The van der Waals surface area contributed by atoms with E-state index >= 15 is 0 Å². The van der Waals surface area contributed by atoms with E-state index in [-0.39, 0.29) is 49.0 Å². The molecule has 0 unspecified atom stereocenters. The van der Waals surface area contributed by atoms with Gasteiger partial charge in [-0.05, 0) is 72.0 Å². The molecule has 4 rings (SSSR count). The van der Waals surface area contributed by atoms with Crippen LogP contribution in [0.3, 0.4) is 0 Å². The molecule has 32 heavy (non-hydrogen) atoms. The Morgan fingerprint density at radius 3 is 1.50 bits per heavy atom. The third-order valence-corrected chi connectivity index (χ3v) is 12.0. The highest BCUT2D eigenvalue weighted by Gasteiger charge is 2.63. The Morgan fingerprint density at radius 2 is 1.25 bits per heavy atom. The topological polar surface area (TPSA) is 67.2 Å². The minimum atomic E-state index is -0.468. The van der Waals surface area contributed by atoms with E-state index in [2.05, 4.69) is 52.2 Å². The standard InChI is InChI=1S/C24H36Cl3N3O2/c1-21(2)13-7-9-23(21,5)15(11-13)28-20(18(30(31)32)17(25)19(26)27)29-16-12-14-8-10-24(16,6)22(14,3)4/h13-16,28-29H,7-12H2,1-6H3/t13-,14+,15+,16-,23-,24+. The van der Waals surface area contributed by atoms with E-state index in [4.69, 9.17) is 34.8 Å². The molecule has 2 N–H and O–H groups in total. The fourth-order valence-corrected chi connectivity index (χ4v) is 8.08. The summed E-state index contributed by atoms with van der Waals surface area (Å²) >= 11 is 18.2. The molecule has 5 nitrogen and oxygen atoms in total. The lowest BCUT2D eigenvalue weighted by Crippen LogP contribution is -2.51. The Kier molecular flexibility index (Phi) is 5.87. The summed E-state index contributed by atoms with van der Waals surface area (Å²) in [4.78, 5) is 11.7. The van der Waals surface area contributed by atoms with Crippen molar-refractivity contribution in [3.63, 3.8) is 0 Å². The van der Waals surface area contributed by atoms with Crippen LogP contribution in [0.5, 0.6) is 0 Å². The van der Waals surface area contributed by atoms with Crippen molar-refractivity contribution >= 4 is 34.8 Å². The van der Waals surface area contributed by atoms with Crippen molar-refractivity contribution in [1.29, 1.82) is 0 Å². The summed E-state index contributed by atoms with van der Waals surface area (Å²) in [6.45, 7) is 14.0. The number of rotatable bonds is 6. The van der Waals surface area contributed by atoms with Gasteiger partial charge in [-0.1, -0.05) is 76.3 Å². The average Bonchev–Trinajstić information content (AvgIpc) is 3.19. The van der Waals surface area contributed by atoms with Gasteiger partial charge in [-0.25, -0.2) is 0 Å². The fourth-order valence-electron chi connectivity index (χ4n) is 7.74. The first kappa shape index (κ1) is 24.5. The Hall–Kier alpha value is -0.650. The van der Waals surface area contributed by atoms with Crippen molar-refractivity contribution in [3.8, 4) is 0 Å². The zero-order valence-electron chi connectivity index (χ0n) is 19.9. The molecule has 8 heteroatoms. The van der Waals surface area contributed by atoms with Gasteiger partial charge in [0, 0.05) is 12.1 Å². The monoisotopic (exact) mass is 503 g/mol. The van der Waals surface area contributed by atoms with Gasteiger partial charge in [0.2, 0.25) is 0 Å². The molecule has 0 spiro atoms. The zero-order chi connectivity index (χ0) is 23.9. The number of nitrogens with zero attached hydrogens (tertiary/aromatic N) is 1. The lowest BCUT2D eigenvalue weighted by Gasteiger charge is -2.42. The van der Waals surface area contributed by atoms with Crippen LogP contribution in [0.4, 0.5) is 0 Å². The summed E-state index contributed by atoms with van der Waals surface area (Å²) in [7, 11) is 0. The van der Waals surface area contributed by atoms with Crippen LogP contribution in [-0.2, 0) is 0 Å². The molecule has 6 atom stereocenters. The van der Waals surface area contributed by atoms with Crippen molar-refractivity contribution < 1.29 is 4.92 Å². The molecule has 4 aliphatic carbocycles. The highest BCUT2D eigenvalue weighted by Crippen LogP contribution is 2.67. The van der Waals surface area contributed by atoms with E-state index in [9.17, 15) is 10.1 Å². The number of fused-ring (bicyclic) bond motifs is 4. The number of allylic oxidation sites excluding steroid dienone is 1. The first-order chi connectivity index (χ1) is 14.7. The van der Waals surface area contributed by atoms with E-state index in [1.165, 1.54) is 12.8 Å². The molecule has 0 aliphatic heterocycles. The highest BCUT2D eigenvalue weighted by molar-refractivity contribution is 6.59. The first-order valence-electron chi connectivity index (χ1n) is 11.8. The summed E-state index contributed by atoms with van der Waals surface area (Å²) in [5.41, 5.74) is 0.180. The van der Waals surface area contributed by atoms with Gasteiger partial charge in [0.1, 0.15) is 4.49 Å². The van der Waals surface area contributed by atoms with E-state index in [1.54, 1.807) is 0 Å². The molecule has 4 bridgehead atoms. The first-order valence-corrected chi connectivity index (χ1v) is 12.9. The van der Waals surface area contributed by atoms with Crippen molar-refractivity contribution in [2.24, 2.45) is 33.5 Å². The molecule has 0 saturated heterocycles. The summed E-state index contributed by atoms with van der Waals surface area (Å²) in [5, 5.41) is 19.1. The lowest BCUT2D eigenvalue weighted by atomic mass is 9.69. The second-order valence-corrected chi connectivity index (χ2v) is 13.5. The van der Waals surface area contributed by atoms with E-state index in [0.717, 1.165) is 25.7 Å². The molecule has 0 aromatic heterocycles. The van der Waals surface area contributed by atoms with Crippen LogP contribution in [0, 0.1) is 43.6 Å². The maximum atomic E-state index is 12.2. The van der Waals surface area contributed by atoms with E-state index < -0.39 is 4.92 Å². The molecule has 4 fully saturated rings. The molecule has 0 radical (unpaired) electrons. The van der Waals surface area contributed by atoms with Crippen LogP contribution in [0.2, 0.25) is 0 Å². The van der Waals surface area contributed by atoms with Crippen molar-refractivity contribution in [3.05, 3.63) is 31.2 Å². The van der Waals surface area contributed by atoms with E-state index in [1.807, 2.05) is 0 Å². The van der Waals surface area contributed by atoms with Crippen LogP contribution in [-0.4, -0.2) is 17.0 Å². The third kappa shape index (κ3) is 3.24. The summed E-state index contributed by atoms with van der Waals surface area (Å²) in [6, 6.07) is 0.235. The van der Waals surface area contributed by atoms with Gasteiger partial charge < -0.3 is 10.6 Å². The maximum Gasteiger partial charge on any atom is 0.329 e. The minimum absolute atomic E-state index is 0.0467. The number of hydrogen-bond acceptors (Lipinski definition) is 4. The van der Waals surface area contributed by atoms with Gasteiger partial charge in [0.05, 0.1) is 4.92 Å². The number of nitrogens with one attached hydrogen (secondary N) is 2.